The fourth-order valence-electron chi connectivity index (χ4n) is 3.06. The SMILES string of the molecule is COc1cccc(N(CC(=O)N/N=C\c2ccc(OCC(=O)Nc3ccccc3Cl)cc2)S(C)(=O)=O)c1. The number of nitrogens with zero attached hydrogens (tertiary/aromatic N) is 2. The third-order valence-corrected chi connectivity index (χ3v) is 6.30. The number of rotatable bonds is 11. The van der Waals surface area contributed by atoms with Gasteiger partial charge < -0.3 is 14.8 Å². The third-order valence-electron chi connectivity index (χ3n) is 4.83. The minimum Gasteiger partial charge on any atom is -0.497 e. The van der Waals surface area contributed by atoms with Gasteiger partial charge in [0, 0.05) is 6.07 Å². The number of nitrogens with one attached hydrogen (secondary N) is 2. The van der Waals surface area contributed by atoms with E-state index in [0.717, 1.165) is 10.6 Å². The number of hydrogen-bond acceptors (Lipinski definition) is 7. The predicted octanol–water partition coefficient (Wildman–Crippen LogP) is 3.28. The Morgan fingerprint density at radius 3 is 2.41 bits per heavy atom. The zero-order chi connectivity index (χ0) is 26.8. The Labute approximate surface area is 219 Å². The van der Waals surface area contributed by atoms with Crippen molar-refractivity contribution in [1.82, 2.24) is 5.43 Å². The number of hydrazone groups is 1. The predicted molar refractivity (Wildman–Crippen MR) is 143 cm³/mol. The molecule has 0 aliphatic rings. The maximum absolute atomic E-state index is 12.3. The fraction of sp³-hybridized carbons (Fsp3) is 0.160. The maximum atomic E-state index is 12.3. The molecule has 10 nitrogen and oxygen atoms in total. The van der Waals surface area contributed by atoms with Gasteiger partial charge in [-0.25, -0.2) is 13.8 Å². The van der Waals surface area contributed by atoms with Gasteiger partial charge in [0.15, 0.2) is 6.61 Å². The van der Waals surface area contributed by atoms with Crippen LogP contribution in [0.15, 0.2) is 77.9 Å². The van der Waals surface area contributed by atoms with Crippen LogP contribution in [0.25, 0.3) is 0 Å². The first-order valence-corrected chi connectivity index (χ1v) is 13.1. The first kappa shape index (κ1) is 27.5. The van der Waals surface area contributed by atoms with Crippen molar-refractivity contribution in [3.8, 4) is 11.5 Å². The Bertz CT molecular complexity index is 1380. The lowest BCUT2D eigenvalue weighted by molar-refractivity contribution is -0.119. The fourth-order valence-corrected chi connectivity index (χ4v) is 4.09. The smallest absolute Gasteiger partial charge is 0.262 e. The average molecular weight is 545 g/mol. The van der Waals surface area contributed by atoms with Gasteiger partial charge in [0.2, 0.25) is 10.0 Å². The molecule has 0 aliphatic heterocycles. The Balaban J connectivity index is 1.51. The number of hydrogen-bond donors (Lipinski definition) is 2. The van der Waals surface area contributed by atoms with Crippen molar-refractivity contribution >= 4 is 51.0 Å². The topological polar surface area (TPSA) is 126 Å². The van der Waals surface area contributed by atoms with Crippen molar-refractivity contribution < 1.29 is 27.5 Å². The highest BCUT2D eigenvalue weighted by Gasteiger charge is 2.21. The second-order valence-electron chi connectivity index (χ2n) is 7.65. The summed E-state index contributed by atoms with van der Waals surface area (Å²) in [5.74, 6) is -0.0803. The number of methoxy groups -OCH3 is 1. The summed E-state index contributed by atoms with van der Waals surface area (Å²) in [5, 5.41) is 6.97. The monoisotopic (exact) mass is 544 g/mol. The van der Waals surface area contributed by atoms with E-state index in [1.807, 2.05) is 0 Å². The molecular weight excluding hydrogens is 520 g/mol. The van der Waals surface area contributed by atoms with E-state index in [-0.39, 0.29) is 18.2 Å². The van der Waals surface area contributed by atoms with Gasteiger partial charge in [-0.05, 0) is 54.1 Å². The second-order valence-corrected chi connectivity index (χ2v) is 9.96. The normalized spacial score (nSPS) is 11.1. The second kappa shape index (κ2) is 12.7. The molecule has 0 atom stereocenters. The summed E-state index contributed by atoms with van der Waals surface area (Å²) in [6.07, 6.45) is 2.40. The molecule has 0 bridgehead atoms. The Morgan fingerprint density at radius 1 is 1.00 bits per heavy atom. The number of para-hydroxylation sites is 1. The summed E-state index contributed by atoms with van der Waals surface area (Å²) in [4.78, 5) is 24.4. The molecule has 0 saturated heterocycles. The van der Waals surface area contributed by atoms with E-state index in [0.29, 0.717) is 27.8 Å². The molecule has 37 heavy (non-hydrogen) atoms. The van der Waals surface area contributed by atoms with Crippen LogP contribution in [0.5, 0.6) is 11.5 Å². The summed E-state index contributed by atoms with van der Waals surface area (Å²) in [6.45, 7) is -0.675. The van der Waals surface area contributed by atoms with Crippen LogP contribution in [0.2, 0.25) is 5.02 Å². The van der Waals surface area contributed by atoms with E-state index in [1.165, 1.54) is 19.4 Å². The van der Waals surface area contributed by atoms with Crippen LogP contribution in [-0.4, -0.2) is 53.0 Å². The quantitative estimate of drug-likeness (QED) is 0.282. The molecule has 0 unspecified atom stereocenters. The summed E-state index contributed by atoms with van der Waals surface area (Å²) in [6, 6.07) is 19.9. The molecule has 0 heterocycles. The summed E-state index contributed by atoms with van der Waals surface area (Å²) < 4.78 is 36.0. The number of amides is 2. The van der Waals surface area contributed by atoms with Gasteiger partial charge in [-0.1, -0.05) is 29.8 Å². The molecule has 0 aromatic heterocycles. The highest BCUT2D eigenvalue weighted by atomic mass is 35.5. The number of benzene rings is 3. The van der Waals surface area contributed by atoms with Crippen molar-refractivity contribution in [2.45, 2.75) is 0 Å². The van der Waals surface area contributed by atoms with Crippen LogP contribution in [0.1, 0.15) is 5.56 Å². The van der Waals surface area contributed by atoms with Gasteiger partial charge in [0.25, 0.3) is 11.8 Å². The van der Waals surface area contributed by atoms with E-state index in [4.69, 9.17) is 21.1 Å². The van der Waals surface area contributed by atoms with E-state index < -0.39 is 22.5 Å². The molecule has 0 saturated carbocycles. The molecule has 0 spiro atoms. The Kier molecular flexibility index (Phi) is 9.47. The van der Waals surface area contributed by atoms with Crippen molar-refractivity contribution in [2.24, 2.45) is 5.10 Å². The average Bonchev–Trinajstić information content (AvgIpc) is 2.87. The van der Waals surface area contributed by atoms with Crippen LogP contribution < -0.4 is 24.5 Å². The van der Waals surface area contributed by atoms with E-state index in [2.05, 4.69) is 15.8 Å². The minimum absolute atomic E-state index is 0.209. The molecular formula is C25H25ClN4O6S. The standard InChI is InChI=1S/C25H25ClN4O6S/c1-35-21-7-5-6-19(14-21)30(37(2,33)34)16-24(31)29-27-15-18-10-12-20(13-11-18)36-17-25(32)28-23-9-4-3-8-22(23)26/h3-15H,16-17H2,1-2H3,(H,28,32)(H,29,31)/b27-15-. The number of sulfonamides is 1. The molecule has 2 N–H and O–H groups in total. The van der Waals surface area contributed by atoms with E-state index in [1.54, 1.807) is 66.7 Å². The molecule has 3 aromatic carbocycles. The molecule has 0 radical (unpaired) electrons. The van der Waals surface area contributed by atoms with E-state index >= 15 is 0 Å². The highest BCUT2D eigenvalue weighted by molar-refractivity contribution is 7.92. The zero-order valence-corrected chi connectivity index (χ0v) is 21.6. The number of carbonyl (C=O) groups excluding carboxylic acids is 2. The number of carbonyl (C=O) groups is 2. The number of ether oxygens (including phenoxy) is 2. The lowest BCUT2D eigenvalue weighted by Crippen LogP contribution is -2.39. The largest absolute Gasteiger partial charge is 0.497 e. The molecule has 2 amide bonds. The summed E-state index contributed by atoms with van der Waals surface area (Å²) >= 11 is 6.02. The molecule has 3 rings (SSSR count). The third kappa shape index (κ3) is 8.51. The molecule has 12 heteroatoms. The van der Waals surface area contributed by atoms with Gasteiger partial charge in [-0.3, -0.25) is 13.9 Å². The van der Waals surface area contributed by atoms with Crippen molar-refractivity contribution in [2.75, 3.05) is 36.1 Å². The highest BCUT2D eigenvalue weighted by Crippen LogP contribution is 2.23. The molecule has 194 valence electrons. The van der Waals surface area contributed by atoms with Crippen LogP contribution in [0.3, 0.4) is 0 Å². The van der Waals surface area contributed by atoms with Gasteiger partial charge in [-0.15, -0.1) is 0 Å². The summed E-state index contributed by atoms with van der Waals surface area (Å²) in [5.41, 5.74) is 3.74. The molecule has 3 aromatic rings. The van der Waals surface area contributed by atoms with Crippen molar-refractivity contribution in [3.05, 3.63) is 83.4 Å². The first-order valence-electron chi connectivity index (χ1n) is 10.9. The van der Waals surface area contributed by atoms with Gasteiger partial charge in [-0.2, -0.15) is 5.10 Å². The van der Waals surface area contributed by atoms with Crippen LogP contribution in [0, 0.1) is 0 Å². The molecule has 0 fully saturated rings. The Hall–Kier alpha value is -4.09. The maximum Gasteiger partial charge on any atom is 0.262 e. The zero-order valence-electron chi connectivity index (χ0n) is 20.0. The van der Waals surface area contributed by atoms with Gasteiger partial charge >= 0.3 is 0 Å². The summed E-state index contributed by atoms with van der Waals surface area (Å²) in [7, 11) is -2.27. The van der Waals surface area contributed by atoms with Crippen LogP contribution in [-0.2, 0) is 19.6 Å². The lowest BCUT2D eigenvalue weighted by Gasteiger charge is -2.21. The van der Waals surface area contributed by atoms with Gasteiger partial charge in [0.1, 0.15) is 18.0 Å². The Morgan fingerprint density at radius 2 is 1.73 bits per heavy atom. The number of halogens is 1. The lowest BCUT2D eigenvalue weighted by atomic mass is 10.2. The van der Waals surface area contributed by atoms with E-state index in [9.17, 15) is 18.0 Å². The van der Waals surface area contributed by atoms with Gasteiger partial charge in [0.05, 0.1) is 36.0 Å². The number of anilines is 2. The first-order chi connectivity index (χ1) is 17.7. The van der Waals surface area contributed by atoms with Crippen molar-refractivity contribution in [3.63, 3.8) is 0 Å². The molecule has 0 aliphatic carbocycles. The van der Waals surface area contributed by atoms with Crippen LogP contribution in [0.4, 0.5) is 11.4 Å². The van der Waals surface area contributed by atoms with Crippen LogP contribution >= 0.6 is 11.6 Å². The minimum atomic E-state index is -3.74. The van der Waals surface area contributed by atoms with Crippen molar-refractivity contribution in [1.29, 1.82) is 0 Å².